The fourth-order valence-electron chi connectivity index (χ4n) is 3.10. The highest BCUT2D eigenvalue weighted by atomic mass is 32.2. The lowest BCUT2D eigenvalue weighted by Gasteiger charge is -2.06. The van der Waals surface area contributed by atoms with E-state index in [1.54, 1.807) is 18.2 Å². The summed E-state index contributed by atoms with van der Waals surface area (Å²) in [5.41, 5.74) is 0. The third kappa shape index (κ3) is 4.40. The second kappa shape index (κ2) is 8.36. The van der Waals surface area contributed by atoms with E-state index in [1.165, 1.54) is 0 Å². The van der Waals surface area contributed by atoms with Crippen molar-refractivity contribution in [2.75, 3.05) is 13.2 Å². The summed E-state index contributed by atoms with van der Waals surface area (Å²) in [6, 6.07) is 26.5. The van der Waals surface area contributed by atoms with Gasteiger partial charge in [-0.1, -0.05) is 78.6 Å². The Morgan fingerprint density at radius 1 is 0.759 bits per heavy atom. The Balaban J connectivity index is 1.36. The van der Waals surface area contributed by atoms with Gasteiger partial charge in [0.25, 0.3) is 0 Å². The number of nitrogens with one attached hydrogen (secondary N) is 1. The van der Waals surface area contributed by atoms with Crippen LogP contribution < -0.4 is 9.46 Å². The molecule has 0 radical (unpaired) electrons. The molecule has 4 nitrogen and oxygen atoms in total. The summed E-state index contributed by atoms with van der Waals surface area (Å²) in [7, 11) is -3.61. The summed E-state index contributed by atoms with van der Waals surface area (Å²) >= 11 is 0. The van der Waals surface area contributed by atoms with Gasteiger partial charge >= 0.3 is 0 Å². The van der Waals surface area contributed by atoms with Gasteiger partial charge in [-0.2, -0.15) is 4.72 Å². The lowest BCUT2D eigenvalue weighted by Crippen LogP contribution is -2.24. The van der Waals surface area contributed by atoms with Gasteiger partial charge in [0.1, 0.15) is 12.4 Å². The molecule has 0 saturated heterocycles. The quantitative estimate of drug-likeness (QED) is 0.506. The van der Waals surface area contributed by atoms with Crippen LogP contribution in [0.4, 0.5) is 0 Å². The van der Waals surface area contributed by atoms with Crippen molar-refractivity contribution in [1.29, 1.82) is 0 Å². The number of sulfonamides is 1. The molecule has 0 bridgehead atoms. The molecule has 144 valence electrons. The standard InChI is InChI=1S/C24H19NO3S/c26-29(27,22-15-14-19-8-1-2-10-21(19)18-22)25-16-5-6-17-28-24-13-7-11-20-9-3-4-12-23(20)24/h1-4,7-15,18,25H,16-17H2. The van der Waals surface area contributed by atoms with Crippen molar-refractivity contribution in [3.63, 3.8) is 0 Å². The van der Waals surface area contributed by atoms with Gasteiger partial charge in [0.15, 0.2) is 0 Å². The van der Waals surface area contributed by atoms with Crippen molar-refractivity contribution in [2.24, 2.45) is 0 Å². The van der Waals surface area contributed by atoms with Crippen molar-refractivity contribution in [3.05, 3.63) is 84.9 Å². The van der Waals surface area contributed by atoms with Crippen LogP contribution in [0.3, 0.4) is 0 Å². The van der Waals surface area contributed by atoms with Gasteiger partial charge in [0.05, 0.1) is 11.4 Å². The first kappa shape index (κ1) is 19.0. The predicted molar refractivity (Wildman–Crippen MR) is 116 cm³/mol. The summed E-state index contributed by atoms with van der Waals surface area (Å²) in [4.78, 5) is 0.227. The van der Waals surface area contributed by atoms with Gasteiger partial charge in [0.2, 0.25) is 10.0 Å². The second-order valence-electron chi connectivity index (χ2n) is 6.45. The average Bonchev–Trinajstić information content (AvgIpc) is 2.76. The first-order valence-electron chi connectivity index (χ1n) is 9.18. The van der Waals surface area contributed by atoms with E-state index in [2.05, 4.69) is 16.6 Å². The zero-order chi connectivity index (χ0) is 20.1. The molecule has 4 rings (SSSR count). The molecule has 0 saturated carbocycles. The molecule has 0 aromatic heterocycles. The maximum Gasteiger partial charge on any atom is 0.241 e. The Kier molecular flexibility index (Phi) is 5.48. The third-order valence-electron chi connectivity index (χ3n) is 4.56. The third-order valence-corrected chi connectivity index (χ3v) is 5.96. The van der Waals surface area contributed by atoms with Crippen molar-refractivity contribution in [1.82, 2.24) is 4.72 Å². The molecule has 0 unspecified atom stereocenters. The summed E-state index contributed by atoms with van der Waals surface area (Å²) in [5.74, 6) is 6.41. The lowest BCUT2D eigenvalue weighted by atomic mass is 10.1. The van der Waals surface area contributed by atoms with Crippen molar-refractivity contribution in [3.8, 4) is 17.6 Å². The van der Waals surface area contributed by atoms with E-state index in [0.717, 1.165) is 27.3 Å². The first-order valence-corrected chi connectivity index (χ1v) is 10.7. The molecule has 5 heteroatoms. The fourth-order valence-corrected chi connectivity index (χ4v) is 4.06. The van der Waals surface area contributed by atoms with Gasteiger partial charge in [-0.25, -0.2) is 8.42 Å². The van der Waals surface area contributed by atoms with Gasteiger partial charge in [0, 0.05) is 5.39 Å². The van der Waals surface area contributed by atoms with Crippen LogP contribution in [-0.2, 0) is 10.0 Å². The number of fused-ring (bicyclic) bond motifs is 2. The van der Waals surface area contributed by atoms with E-state index in [0.29, 0.717) is 0 Å². The Labute approximate surface area is 170 Å². The average molecular weight is 401 g/mol. The van der Waals surface area contributed by atoms with Crippen LogP contribution in [0.1, 0.15) is 0 Å². The zero-order valence-electron chi connectivity index (χ0n) is 15.6. The lowest BCUT2D eigenvalue weighted by molar-refractivity contribution is 0.374. The van der Waals surface area contributed by atoms with Crippen LogP contribution in [0, 0.1) is 11.8 Å². The van der Waals surface area contributed by atoms with Gasteiger partial charge in [-0.15, -0.1) is 0 Å². The number of ether oxygens (including phenoxy) is 1. The van der Waals surface area contributed by atoms with Crippen LogP contribution in [0.15, 0.2) is 89.8 Å². The molecule has 0 amide bonds. The highest BCUT2D eigenvalue weighted by Gasteiger charge is 2.13. The molecule has 0 aliphatic rings. The largest absolute Gasteiger partial charge is 0.480 e. The van der Waals surface area contributed by atoms with Crippen LogP contribution in [-0.4, -0.2) is 21.6 Å². The molecule has 4 aromatic rings. The zero-order valence-corrected chi connectivity index (χ0v) is 16.4. The number of rotatable bonds is 5. The van der Waals surface area contributed by atoms with E-state index in [4.69, 9.17) is 4.74 Å². The Morgan fingerprint density at radius 3 is 2.34 bits per heavy atom. The molecule has 0 spiro atoms. The Morgan fingerprint density at radius 2 is 1.48 bits per heavy atom. The van der Waals surface area contributed by atoms with Gasteiger partial charge in [-0.3, -0.25) is 0 Å². The molecule has 0 fully saturated rings. The molecular weight excluding hydrogens is 382 g/mol. The number of benzene rings is 4. The highest BCUT2D eigenvalue weighted by Crippen LogP contribution is 2.24. The maximum atomic E-state index is 12.5. The minimum atomic E-state index is -3.61. The van der Waals surface area contributed by atoms with E-state index in [1.807, 2.05) is 66.7 Å². The number of hydrogen-bond donors (Lipinski definition) is 1. The van der Waals surface area contributed by atoms with Crippen LogP contribution in [0.2, 0.25) is 0 Å². The second-order valence-corrected chi connectivity index (χ2v) is 8.22. The maximum absolute atomic E-state index is 12.5. The molecule has 1 N–H and O–H groups in total. The molecule has 0 aliphatic carbocycles. The minimum absolute atomic E-state index is 0.0219. The number of hydrogen-bond acceptors (Lipinski definition) is 3. The summed E-state index contributed by atoms with van der Waals surface area (Å²) < 4.78 is 33.2. The molecule has 4 aromatic carbocycles. The Hall–Kier alpha value is -3.33. The fraction of sp³-hybridized carbons (Fsp3) is 0.0833. The summed E-state index contributed by atoms with van der Waals surface area (Å²) in [6.07, 6.45) is 0. The van der Waals surface area contributed by atoms with Gasteiger partial charge < -0.3 is 4.74 Å². The molecule has 0 heterocycles. The van der Waals surface area contributed by atoms with Crippen LogP contribution in [0.5, 0.6) is 5.75 Å². The van der Waals surface area contributed by atoms with E-state index >= 15 is 0 Å². The first-order chi connectivity index (χ1) is 14.1. The molecular formula is C24H19NO3S. The van der Waals surface area contributed by atoms with Crippen molar-refractivity contribution in [2.45, 2.75) is 4.90 Å². The normalized spacial score (nSPS) is 11.2. The highest BCUT2D eigenvalue weighted by molar-refractivity contribution is 7.89. The van der Waals surface area contributed by atoms with E-state index in [-0.39, 0.29) is 18.0 Å². The van der Waals surface area contributed by atoms with Crippen LogP contribution in [0.25, 0.3) is 21.5 Å². The smallest absolute Gasteiger partial charge is 0.241 e. The van der Waals surface area contributed by atoms with E-state index < -0.39 is 10.0 Å². The summed E-state index contributed by atoms with van der Waals surface area (Å²) in [6.45, 7) is 0.208. The molecule has 0 atom stereocenters. The molecule has 0 aliphatic heterocycles. The summed E-state index contributed by atoms with van der Waals surface area (Å²) in [5, 5.41) is 4.00. The van der Waals surface area contributed by atoms with Gasteiger partial charge in [-0.05, 0) is 34.4 Å². The Bertz CT molecular complexity index is 1330. The topological polar surface area (TPSA) is 55.4 Å². The minimum Gasteiger partial charge on any atom is -0.480 e. The van der Waals surface area contributed by atoms with E-state index in [9.17, 15) is 8.42 Å². The molecule has 29 heavy (non-hydrogen) atoms. The predicted octanol–water partition coefficient (Wildman–Crippen LogP) is 4.35. The van der Waals surface area contributed by atoms with Crippen LogP contribution >= 0.6 is 0 Å². The van der Waals surface area contributed by atoms with Crippen molar-refractivity contribution < 1.29 is 13.2 Å². The monoisotopic (exact) mass is 401 g/mol. The van der Waals surface area contributed by atoms with Crippen molar-refractivity contribution >= 4 is 31.6 Å². The SMILES string of the molecule is O=S(=O)(NCC#CCOc1cccc2ccccc12)c1ccc2ccccc2c1.